The zero-order chi connectivity index (χ0) is 13.0. The maximum atomic E-state index is 10.0. The van der Waals surface area contributed by atoms with Crippen molar-refractivity contribution in [2.24, 2.45) is 0 Å². The second-order valence-electron chi connectivity index (χ2n) is 4.28. The van der Waals surface area contributed by atoms with E-state index in [9.17, 15) is 10.2 Å². The quantitative estimate of drug-likeness (QED) is 0.727. The fourth-order valence-electron chi connectivity index (χ4n) is 1.88. The van der Waals surface area contributed by atoms with E-state index in [1.54, 1.807) is 18.2 Å². The zero-order valence-corrected chi connectivity index (χ0v) is 11.0. The van der Waals surface area contributed by atoms with Gasteiger partial charge in [0.25, 0.3) is 0 Å². The molecule has 2 atom stereocenters. The second kappa shape index (κ2) is 6.31. The molecular formula is C13H18O4S. The van der Waals surface area contributed by atoms with E-state index in [0.29, 0.717) is 42.4 Å². The lowest BCUT2D eigenvalue weighted by Gasteiger charge is -2.18. The van der Waals surface area contributed by atoms with Gasteiger partial charge in [-0.2, -0.15) is 12.6 Å². The van der Waals surface area contributed by atoms with E-state index < -0.39 is 12.2 Å². The molecule has 0 radical (unpaired) electrons. The molecule has 2 N–H and O–H groups in total. The largest absolute Gasteiger partial charge is 0.490 e. The average Bonchev–Trinajstić information content (AvgIpc) is 2.62. The van der Waals surface area contributed by atoms with Crippen molar-refractivity contribution >= 4 is 12.6 Å². The second-order valence-corrected chi connectivity index (χ2v) is 4.73. The zero-order valence-electron chi connectivity index (χ0n) is 10.1. The normalized spacial score (nSPS) is 17.9. The SMILES string of the molecule is OC(CCS)C(O)c1ccc2c(c1)OCCCO2. The topological polar surface area (TPSA) is 58.9 Å². The number of benzene rings is 1. The molecular weight excluding hydrogens is 252 g/mol. The van der Waals surface area contributed by atoms with Gasteiger partial charge < -0.3 is 19.7 Å². The molecule has 18 heavy (non-hydrogen) atoms. The predicted molar refractivity (Wildman–Crippen MR) is 71.5 cm³/mol. The lowest BCUT2D eigenvalue weighted by Crippen LogP contribution is -2.18. The Morgan fingerprint density at radius 3 is 2.61 bits per heavy atom. The molecule has 5 heteroatoms. The maximum Gasteiger partial charge on any atom is 0.161 e. The molecule has 1 aliphatic heterocycles. The molecule has 1 aromatic carbocycles. The van der Waals surface area contributed by atoms with E-state index in [0.717, 1.165) is 6.42 Å². The first kappa shape index (κ1) is 13.5. The van der Waals surface area contributed by atoms with Gasteiger partial charge >= 0.3 is 0 Å². The molecule has 0 saturated carbocycles. The van der Waals surface area contributed by atoms with Gasteiger partial charge in [0.2, 0.25) is 0 Å². The summed E-state index contributed by atoms with van der Waals surface area (Å²) in [4.78, 5) is 0. The van der Waals surface area contributed by atoms with Crippen LogP contribution in [0.15, 0.2) is 18.2 Å². The molecule has 100 valence electrons. The highest BCUT2D eigenvalue weighted by atomic mass is 32.1. The van der Waals surface area contributed by atoms with Gasteiger partial charge in [-0.25, -0.2) is 0 Å². The Bertz CT molecular complexity index is 397. The van der Waals surface area contributed by atoms with Gasteiger partial charge in [-0.3, -0.25) is 0 Å². The van der Waals surface area contributed by atoms with Crippen LogP contribution in [-0.4, -0.2) is 35.3 Å². The van der Waals surface area contributed by atoms with Gasteiger partial charge in [-0.05, 0) is 29.9 Å². The molecule has 2 rings (SSSR count). The van der Waals surface area contributed by atoms with Crippen LogP contribution in [0.4, 0.5) is 0 Å². The number of rotatable bonds is 4. The number of thiol groups is 1. The van der Waals surface area contributed by atoms with Crippen molar-refractivity contribution < 1.29 is 19.7 Å². The third kappa shape index (κ3) is 3.10. The summed E-state index contributed by atoms with van der Waals surface area (Å²) in [5.74, 6) is 1.84. The van der Waals surface area contributed by atoms with Crippen molar-refractivity contribution in [3.63, 3.8) is 0 Å². The molecule has 4 nitrogen and oxygen atoms in total. The minimum atomic E-state index is -0.922. The Balaban J connectivity index is 2.17. The molecule has 0 aliphatic carbocycles. The van der Waals surface area contributed by atoms with Crippen molar-refractivity contribution in [3.05, 3.63) is 23.8 Å². The monoisotopic (exact) mass is 270 g/mol. The fourth-order valence-corrected chi connectivity index (χ4v) is 2.14. The van der Waals surface area contributed by atoms with E-state index >= 15 is 0 Å². The smallest absolute Gasteiger partial charge is 0.161 e. The fraction of sp³-hybridized carbons (Fsp3) is 0.538. The van der Waals surface area contributed by atoms with Crippen LogP contribution in [0, 0.1) is 0 Å². The molecule has 1 heterocycles. The molecule has 0 bridgehead atoms. The molecule has 0 amide bonds. The Hall–Kier alpha value is -0.910. The Kier molecular flexibility index (Phi) is 4.74. The van der Waals surface area contributed by atoms with Gasteiger partial charge in [0.05, 0.1) is 19.3 Å². The van der Waals surface area contributed by atoms with Crippen molar-refractivity contribution in [3.8, 4) is 11.5 Å². The number of fused-ring (bicyclic) bond motifs is 1. The van der Waals surface area contributed by atoms with Crippen LogP contribution in [0.1, 0.15) is 24.5 Å². The van der Waals surface area contributed by atoms with Gasteiger partial charge in [0, 0.05) is 6.42 Å². The molecule has 0 spiro atoms. The number of hydrogen-bond donors (Lipinski definition) is 3. The number of hydrogen-bond acceptors (Lipinski definition) is 5. The summed E-state index contributed by atoms with van der Waals surface area (Å²) < 4.78 is 11.1. The summed E-state index contributed by atoms with van der Waals surface area (Å²) in [6.07, 6.45) is -0.449. The molecule has 1 aliphatic rings. The number of aliphatic hydroxyl groups excluding tert-OH is 2. The van der Waals surface area contributed by atoms with Crippen LogP contribution < -0.4 is 9.47 Å². The number of ether oxygens (including phenoxy) is 2. The first-order chi connectivity index (χ1) is 8.72. The summed E-state index contributed by atoms with van der Waals surface area (Å²) >= 11 is 4.04. The Labute approximate surface area is 112 Å². The molecule has 2 unspecified atom stereocenters. The average molecular weight is 270 g/mol. The van der Waals surface area contributed by atoms with Crippen molar-refractivity contribution in [1.82, 2.24) is 0 Å². The summed E-state index contributed by atoms with van der Waals surface area (Å²) in [7, 11) is 0. The Morgan fingerprint density at radius 2 is 1.89 bits per heavy atom. The summed E-state index contributed by atoms with van der Waals surface area (Å²) in [5.41, 5.74) is 0.633. The minimum absolute atomic E-state index is 0.443. The van der Waals surface area contributed by atoms with Crippen LogP contribution >= 0.6 is 12.6 Å². The van der Waals surface area contributed by atoms with Crippen LogP contribution in [0.2, 0.25) is 0 Å². The Morgan fingerprint density at radius 1 is 1.17 bits per heavy atom. The predicted octanol–water partition coefficient (Wildman–Crippen LogP) is 1.56. The van der Waals surface area contributed by atoms with Gasteiger partial charge in [-0.1, -0.05) is 6.07 Å². The summed E-state index contributed by atoms with van der Waals surface area (Å²) in [6.45, 7) is 1.24. The van der Waals surface area contributed by atoms with Crippen molar-refractivity contribution in [2.45, 2.75) is 25.0 Å². The molecule has 0 saturated heterocycles. The first-order valence-electron chi connectivity index (χ1n) is 6.09. The molecule has 1 aromatic rings. The van der Waals surface area contributed by atoms with Crippen molar-refractivity contribution in [2.75, 3.05) is 19.0 Å². The van der Waals surface area contributed by atoms with E-state index in [4.69, 9.17) is 9.47 Å². The highest BCUT2D eigenvalue weighted by molar-refractivity contribution is 7.80. The van der Waals surface area contributed by atoms with E-state index in [2.05, 4.69) is 12.6 Å². The number of aliphatic hydroxyl groups is 2. The lowest BCUT2D eigenvalue weighted by molar-refractivity contribution is 0.0171. The summed E-state index contributed by atoms with van der Waals surface area (Å²) in [5, 5.41) is 19.8. The highest BCUT2D eigenvalue weighted by Crippen LogP contribution is 2.33. The van der Waals surface area contributed by atoms with Gasteiger partial charge in [0.15, 0.2) is 11.5 Å². The third-order valence-corrected chi connectivity index (χ3v) is 3.16. The molecule has 0 aromatic heterocycles. The highest BCUT2D eigenvalue weighted by Gasteiger charge is 2.20. The van der Waals surface area contributed by atoms with Crippen LogP contribution in [-0.2, 0) is 0 Å². The van der Waals surface area contributed by atoms with Crippen molar-refractivity contribution in [1.29, 1.82) is 0 Å². The summed E-state index contributed by atoms with van der Waals surface area (Å²) in [6, 6.07) is 5.25. The van der Waals surface area contributed by atoms with Crippen LogP contribution in [0.5, 0.6) is 11.5 Å². The third-order valence-electron chi connectivity index (χ3n) is 2.90. The molecule has 0 fully saturated rings. The van der Waals surface area contributed by atoms with E-state index in [-0.39, 0.29) is 0 Å². The van der Waals surface area contributed by atoms with E-state index in [1.165, 1.54) is 0 Å². The van der Waals surface area contributed by atoms with E-state index in [1.807, 2.05) is 0 Å². The van der Waals surface area contributed by atoms with Crippen LogP contribution in [0.3, 0.4) is 0 Å². The first-order valence-corrected chi connectivity index (χ1v) is 6.72. The standard InChI is InChI=1S/C13H18O4S/c14-10(4-7-18)13(15)9-2-3-11-12(8-9)17-6-1-5-16-11/h2-3,8,10,13-15,18H,1,4-7H2. The minimum Gasteiger partial charge on any atom is -0.490 e. The van der Waals surface area contributed by atoms with Gasteiger partial charge in [-0.15, -0.1) is 0 Å². The van der Waals surface area contributed by atoms with Gasteiger partial charge in [0.1, 0.15) is 6.10 Å². The maximum absolute atomic E-state index is 10.0. The van der Waals surface area contributed by atoms with Crippen LogP contribution in [0.25, 0.3) is 0 Å². The lowest BCUT2D eigenvalue weighted by atomic mass is 10.0.